The van der Waals surface area contributed by atoms with Gasteiger partial charge in [0, 0.05) is 29.9 Å². The molecule has 0 radical (unpaired) electrons. The lowest BCUT2D eigenvalue weighted by molar-refractivity contribution is 0.0606. The number of carbonyl (C=O) groups is 2. The fourth-order valence-electron chi connectivity index (χ4n) is 4.12. The van der Waals surface area contributed by atoms with Crippen molar-refractivity contribution in [3.63, 3.8) is 0 Å². The highest BCUT2D eigenvalue weighted by atomic mass is 32.1. The van der Waals surface area contributed by atoms with E-state index in [2.05, 4.69) is 5.32 Å². The van der Waals surface area contributed by atoms with Crippen molar-refractivity contribution in [2.75, 3.05) is 5.32 Å². The van der Waals surface area contributed by atoms with Crippen LogP contribution in [0.15, 0.2) is 66.0 Å². The molecule has 0 spiro atoms. The van der Waals surface area contributed by atoms with Crippen molar-refractivity contribution in [3.05, 3.63) is 87.9 Å². The third kappa shape index (κ3) is 5.23. The molecule has 3 aromatic rings. The van der Waals surface area contributed by atoms with Crippen molar-refractivity contribution in [2.24, 2.45) is 5.73 Å². The number of benzene rings is 2. The smallest absolute Gasteiger partial charge is 0.265 e. The molecule has 1 saturated carbocycles. The summed E-state index contributed by atoms with van der Waals surface area (Å²) in [5, 5.41) is 4.82. The number of hydrogen-bond acceptors (Lipinski definition) is 4. The van der Waals surface area contributed by atoms with E-state index in [-0.39, 0.29) is 23.9 Å². The quantitative estimate of drug-likeness (QED) is 0.551. The van der Waals surface area contributed by atoms with Gasteiger partial charge in [0.25, 0.3) is 11.8 Å². The van der Waals surface area contributed by atoms with E-state index in [4.69, 9.17) is 5.73 Å². The van der Waals surface area contributed by atoms with Crippen LogP contribution in [0.25, 0.3) is 0 Å². The van der Waals surface area contributed by atoms with Gasteiger partial charge in [0.2, 0.25) is 0 Å². The SMILES string of the molecule is NC1CCC(N(Cc2ccccc2NC(=O)c2cccs2)C(=O)c2cccc(F)c2)CC1. The number of anilines is 1. The Bertz CT molecular complexity index is 1080. The van der Waals surface area contributed by atoms with Gasteiger partial charge in [-0.1, -0.05) is 30.3 Å². The second-order valence-electron chi connectivity index (χ2n) is 8.10. The molecule has 2 aromatic carbocycles. The average molecular weight is 452 g/mol. The molecule has 0 unspecified atom stereocenters. The maximum absolute atomic E-state index is 13.8. The van der Waals surface area contributed by atoms with E-state index in [9.17, 15) is 14.0 Å². The number of halogens is 1. The Balaban J connectivity index is 1.61. The zero-order valence-electron chi connectivity index (χ0n) is 17.7. The minimum atomic E-state index is -0.440. The summed E-state index contributed by atoms with van der Waals surface area (Å²) in [6.07, 6.45) is 3.28. The Morgan fingerprint density at radius 2 is 1.81 bits per heavy atom. The van der Waals surface area contributed by atoms with E-state index < -0.39 is 5.82 Å². The highest BCUT2D eigenvalue weighted by Gasteiger charge is 2.29. The van der Waals surface area contributed by atoms with E-state index in [1.54, 1.807) is 23.1 Å². The molecule has 1 fully saturated rings. The number of carbonyl (C=O) groups excluding carboxylic acids is 2. The number of amides is 2. The molecule has 4 rings (SSSR count). The lowest BCUT2D eigenvalue weighted by Gasteiger charge is -2.36. The largest absolute Gasteiger partial charge is 0.331 e. The molecule has 0 atom stereocenters. The Kier molecular flexibility index (Phi) is 6.97. The van der Waals surface area contributed by atoms with Crippen molar-refractivity contribution in [3.8, 4) is 0 Å². The van der Waals surface area contributed by atoms with Gasteiger partial charge in [-0.05, 0) is 67.0 Å². The second kappa shape index (κ2) is 10.1. The molecule has 2 amide bonds. The molecule has 1 aromatic heterocycles. The van der Waals surface area contributed by atoms with Gasteiger partial charge in [-0.25, -0.2) is 4.39 Å². The summed E-state index contributed by atoms with van der Waals surface area (Å²) in [5.74, 6) is -0.839. The van der Waals surface area contributed by atoms with Gasteiger partial charge in [-0.2, -0.15) is 0 Å². The van der Waals surface area contributed by atoms with Gasteiger partial charge in [-0.3, -0.25) is 9.59 Å². The van der Waals surface area contributed by atoms with Crippen molar-refractivity contribution in [1.82, 2.24) is 4.90 Å². The lowest BCUT2D eigenvalue weighted by atomic mass is 9.90. The number of para-hydroxylation sites is 1. The Labute approximate surface area is 191 Å². The Morgan fingerprint density at radius 3 is 2.53 bits per heavy atom. The van der Waals surface area contributed by atoms with Gasteiger partial charge in [0.1, 0.15) is 5.82 Å². The fraction of sp³-hybridized carbons (Fsp3) is 0.280. The maximum Gasteiger partial charge on any atom is 0.265 e. The van der Waals surface area contributed by atoms with Crippen LogP contribution in [-0.4, -0.2) is 28.8 Å². The zero-order valence-corrected chi connectivity index (χ0v) is 18.5. The van der Waals surface area contributed by atoms with Crippen LogP contribution >= 0.6 is 11.3 Å². The number of nitrogens with zero attached hydrogens (tertiary/aromatic N) is 1. The summed E-state index contributed by atoms with van der Waals surface area (Å²) >= 11 is 1.37. The first-order chi connectivity index (χ1) is 15.5. The average Bonchev–Trinajstić information content (AvgIpc) is 3.34. The first-order valence-electron chi connectivity index (χ1n) is 10.8. The van der Waals surface area contributed by atoms with Gasteiger partial charge >= 0.3 is 0 Å². The molecule has 32 heavy (non-hydrogen) atoms. The summed E-state index contributed by atoms with van der Waals surface area (Å²) < 4.78 is 13.8. The fourth-order valence-corrected chi connectivity index (χ4v) is 4.74. The minimum Gasteiger partial charge on any atom is -0.331 e. The lowest BCUT2D eigenvalue weighted by Crippen LogP contribution is -2.44. The molecule has 1 heterocycles. The van der Waals surface area contributed by atoms with Gasteiger partial charge in [0.15, 0.2) is 0 Å². The summed E-state index contributed by atoms with van der Waals surface area (Å²) in [6.45, 7) is 0.316. The second-order valence-corrected chi connectivity index (χ2v) is 9.05. The van der Waals surface area contributed by atoms with Crippen LogP contribution in [0.5, 0.6) is 0 Å². The zero-order chi connectivity index (χ0) is 22.5. The maximum atomic E-state index is 13.8. The van der Waals surface area contributed by atoms with Crippen molar-refractivity contribution in [2.45, 2.75) is 44.3 Å². The topological polar surface area (TPSA) is 75.4 Å². The van der Waals surface area contributed by atoms with Gasteiger partial charge in [0.05, 0.1) is 4.88 Å². The van der Waals surface area contributed by atoms with Crippen LogP contribution in [0, 0.1) is 5.82 Å². The molecule has 5 nitrogen and oxygen atoms in total. The Hall–Kier alpha value is -3.03. The standard InChI is InChI=1S/C25H26FN3O2S/c26-19-7-3-6-17(15-19)25(31)29(21-12-10-20(27)11-13-21)16-18-5-1-2-8-22(18)28-24(30)23-9-4-14-32-23/h1-9,14-15,20-21H,10-13,16,27H2,(H,28,30). The molecule has 0 saturated heterocycles. The predicted molar refractivity (Wildman–Crippen MR) is 125 cm³/mol. The highest BCUT2D eigenvalue weighted by molar-refractivity contribution is 7.12. The summed E-state index contributed by atoms with van der Waals surface area (Å²) in [7, 11) is 0. The number of hydrogen-bond donors (Lipinski definition) is 2. The van der Waals surface area contributed by atoms with Crippen LogP contribution in [0.3, 0.4) is 0 Å². The van der Waals surface area contributed by atoms with Crippen molar-refractivity contribution >= 4 is 28.8 Å². The van der Waals surface area contributed by atoms with Crippen LogP contribution in [0.1, 0.15) is 51.3 Å². The first-order valence-corrected chi connectivity index (χ1v) is 11.6. The molecule has 1 aliphatic rings. The van der Waals surface area contributed by atoms with Crippen molar-refractivity contribution in [1.29, 1.82) is 0 Å². The van der Waals surface area contributed by atoms with Gasteiger partial charge < -0.3 is 16.0 Å². The normalized spacial score (nSPS) is 18.2. The molecular formula is C25H26FN3O2S. The summed E-state index contributed by atoms with van der Waals surface area (Å²) in [4.78, 5) is 28.5. The predicted octanol–water partition coefficient (Wildman–Crippen LogP) is 5.05. The Morgan fingerprint density at radius 1 is 1.03 bits per heavy atom. The summed E-state index contributed by atoms with van der Waals surface area (Å²) in [5.41, 5.74) is 7.90. The third-order valence-electron chi connectivity index (χ3n) is 5.87. The monoisotopic (exact) mass is 451 g/mol. The molecule has 7 heteroatoms. The van der Waals surface area contributed by atoms with Crippen molar-refractivity contribution < 1.29 is 14.0 Å². The molecular weight excluding hydrogens is 425 g/mol. The number of rotatable bonds is 6. The van der Waals surface area contributed by atoms with Gasteiger partial charge in [-0.15, -0.1) is 11.3 Å². The van der Waals surface area contributed by atoms with E-state index >= 15 is 0 Å². The van der Waals surface area contributed by atoms with Crippen LogP contribution in [-0.2, 0) is 6.54 Å². The van der Waals surface area contributed by atoms with E-state index in [1.165, 1.54) is 23.5 Å². The molecule has 3 N–H and O–H groups in total. The third-order valence-corrected chi connectivity index (χ3v) is 6.73. The number of nitrogens with one attached hydrogen (secondary N) is 1. The molecule has 1 aliphatic carbocycles. The molecule has 0 bridgehead atoms. The van der Waals surface area contributed by atoms with Crippen LogP contribution in [0.4, 0.5) is 10.1 Å². The number of thiophene rings is 1. The van der Waals surface area contributed by atoms with E-state index in [0.717, 1.165) is 31.2 Å². The van der Waals surface area contributed by atoms with Crippen LogP contribution < -0.4 is 11.1 Å². The molecule has 0 aliphatic heterocycles. The van der Waals surface area contributed by atoms with Crippen LogP contribution in [0.2, 0.25) is 0 Å². The highest BCUT2D eigenvalue weighted by Crippen LogP contribution is 2.28. The molecule has 166 valence electrons. The van der Waals surface area contributed by atoms with E-state index in [1.807, 2.05) is 35.7 Å². The van der Waals surface area contributed by atoms with E-state index in [0.29, 0.717) is 22.7 Å². The minimum absolute atomic E-state index is 0.00613. The summed E-state index contributed by atoms with van der Waals surface area (Å²) in [6, 6.07) is 17.0. The first kappa shape index (κ1) is 22.2. The number of nitrogens with two attached hydrogens (primary N) is 1.